The van der Waals surface area contributed by atoms with E-state index in [0.717, 1.165) is 6.42 Å². The standard InChI is InChI=1S/C10H16N2O/c1-8-9(5-6-13)7-11-12(8)10-3-2-4-10/h7,10,13H,2-6H2,1H3. The van der Waals surface area contributed by atoms with Crippen molar-refractivity contribution in [2.24, 2.45) is 0 Å². The maximum atomic E-state index is 8.83. The smallest absolute Gasteiger partial charge is 0.0525 e. The van der Waals surface area contributed by atoms with Gasteiger partial charge >= 0.3 is 0 Å². The minimum Gasteiger partial charge on any atom is -0.396 e. The largest absolute Gasteiger partial charge is 0.396 e. The van der Waals surface area contributed by atoms with E-state index in [9.17, 15) is 0 Å². The van der Waals surface area contributed by atoms with Crippen LogP contribution >= 0.6 is 0 Å². The number of aliphatic hydroxyl groups excluding tert-OH is 1. The second-order valence-corrected chi connectivity index (χ2v) is 3.76. The summed E-state index contributed by atoms with van der Waals surface area (Å²) in [6, 6.07) is 0.632. The highest BCUT2D eigenvalue weighted by Gasteiger charge is 2.22. The van der Waals surface area contributed by atoms with Gasteiger partial charge in [0.25, 0.3) is 0 Å². The van der Waals surface area contributed by atoms with Gasteiger partial charge in [0, 0.05) is 12.3 Å². The fourth-order valence-corrected chi connectivity index (χ4v) is 1.82. The lowest BCUT2D eigenvalue weighted by atomic mass is 9.93. The van der Waals surface area contributed by atoms with Crippen LogP contribution in [-0.4, -0.2) is 21.5 Å². The molecule has 3 heteroatoms. The van der Waals surface area contributed by atoms with Crippen LogP contribution < -0.4 is 0 Å². The Kier molecular flexibility index (Phi) is 2.36. The van der Waals surface area contributed by atoms with E-state index in [1.807, 2.05) is 6.20 Å². The lowest BCUT2D eigenvalue weighted by molar-refractivity contribution is 0.283. The van der Waals surface area contributed by atoms with Gasteiger partial charge in [-0.2, -0.15) is 5.10 Å². The Balaban J connectivity index is 2.17. The molecule has 3 nitrogen and oxygen atoms in total. The molecule has 0 aliphatic heterocycles. The number of aromatic nitrogens is 2. The van der Waals surface area contributed by atoms with Crippen LogP contribution in [0.3, 0.4) is 0 Å². The van der Waals surface area contributed by atoms with E-state index in [2.05, 4.69) is 16.7 Å². The third-order valence-electron chi connectivity index (χ3n) is 2.95. The lowest BCUT2D eigenvalue weighted by Crippen LogP contribution is -2.19. The monoisotopic (exact) mass is 180 g/mol. The summed E-state index contributed by atoms with van der Waals surface area (Å²) in [6.45, 7) is 2.31. The van der Waals surface area contributed by atoms with Crippen molar-refractivity contribution >= 4 is 0 Å². The molecule has 0 radical (unpaired) electrons. The van der Waals surface area contributed by atoms with Crippen LogP contribution in [0.15, 0.2) is 6.20 Å². The molecule has 1 heterocycles. The van der Waals surface area contributed by atoms with Gasteiger partial charge in [-0.15, -0.1) is 0 Å². The molecule has 0 unspecified atom stereocenters. The molecule has 1 aliphatic carbocycles. The summed E-state index contributed by atoms with van der Waals surface area (Å²) in [5, 5.41) is 13.2. The van der Waals surface area contributed by atoms with E-state index < -0.39 is 0 Å². The second-order valence-electron chi connectivity index (χ2n) is 3.76. The van der Waals surface area contributed by atoms with Crippen LogP contribution in [0.1, 0.15) is 36.6 Å². The fourth-order valence-electron chi connectivity index (χ4n) is 1.82. The number of hydrogen-bond acceptors (Lipinski definition) is 2. The number of rotatable bonds is 3. The molecule has 13 heavy (non-hydrogen) atoms. The Labute approximate surface area is 78.4 Å². The quantitative estimate of drug-likeness (QED) is 0.764. The SMILES string of the molecule is Cc1c(CCO)cnn1C1CCC1. The van der Waals surface area contributed by atoms with Gasteiger partial charge in [-0.05, 0) is 38.2 Å². The van der Waals surface area contributed by atoms with Crippen LogP contribution in [0.25, 0.3) is 0 Å². The van der Waals surface area contributed by atoms with Crippen LogP contribution in [0.2, 0.25) is 0 Å². The van der Waals surface area contributed by atoms with Crippen molar-refractivity contribution in [3.05, 3.63) is 17.5 Å². The first-order valence-electron chi connectivity index (χ1n) is 4.96. The minimum absolute atomic E-state index is 0.219. The lowest BCUT2D eigenvalue weighted by Gasteiger charge is -2.27. The van der Waals surface area contributed by atoms with E-state index in [0.29, 0.717) is 6.04 Å². The average Bonchev–Trinajstić information content (AvgIpc) is 2.34. The highest BCUT2D eigenvalue weighted by atomic mass is 16.2. The third kappa shape index (κ3) is 1.48. The normalized spacial score (nSPS) is 17.4. The van der Waals surface area contributed by atoms with Crippen LogP contribution in [0.5, 0.6) is 0 Å². The van der Waals surface area contributed by atoms with Crippen molar-refractivity contribution in [1.82, 2.24) is 9.78 Å². The molecule has 1 aliphatic rings. The number of nitrogens with zero attached hydrogens (tertiary/aromatic N) is 2. The molecule has 2 rings (SSSR count). The van der Waals surface area contributed by atoms with Crippen molar-refractivity contribution < 1.29 is 5.11 Å². The summed E-state index contributed by atoms with van der Waals surface area (Å²) in [5.41, 5.74) is 2.42. The first-order chi connectivity index (χ1) is 6.33. The molecular formula is C10H16N2O. The first kappa shape index (κ1) is 8.75. The van der Waals surface area contributed by atoms with Gasteiger partial charge in [0.1, 0.15) is 0 Å². The molecule has 0 saturated heterocycles. The molecule has 1 aromatic heterocycles. The fraction of sp³-hybridized carbons (Fsp3) is 0.700. The Hall–Kier alpha value is -0.830. The molecular weight excluding hydrogens is 164 g/mol. The zero-order chi connectivity index (χ0) is 9.26. The molecule has 1 N–H and O–H groups in total. The first-order valence-corrected chi connectivity index (χ1v) is 4.96. The van der Waals surface area contributed by atoms with E-state index in [1.54, 1.807) is 0 Å². The summed E-state index contributed by atoms with van der Waals surface area (Å²) in [7, 11) is 0. The van der Waals surface area contributed by atoms with E-state index >= 15 is 0 Å². The van der Waals surface area contributed by atoms with Gasteiger partial charge in [-0.25, -0.2) is 0 Å². The Bertz CT molecular complexity index is 289. The Morgan fingerprint density at radius 2 is 2.38 bits per heavy atom. The Morgan fingerprint density at radius 3 is 2.92 bits per heavy atom. The molecule has 0 atom stereocenters. The van der Waals surface area contributed by atoms with Crippen molar-refractivity contribution in [2.75, 3.05) is 6.61 Å². The highest BCUT2D eigenvalue weighted by molar-refractivity contribution is 5.17. The van der Waals surface area contributed by atoms with Gasteiger partial charge < -0.3 is 5.11 Å². The second kappa shape index (κ2) is 3.50. The molecule has 72 valence electrons. The van der Waals surface area contributed by atoms with Crippen molar-refractivity contribution in [2.45, 2.75) is 38.6 Å². The van der Waals surface area contributed by atoms with Gasteiger partial charge in [0.15, 0.2) is 0 Å². The third-order valence-corrected chi connectivity index (χ3v) is 2.95. The van der Waals surface area contributed by atoms with Crippen molar-refractivity contribution in [1.29, 1.82) is 0 Å². The Morgan fingerprint density at radius 1 is 1.62 bits per heavy atom. The number of hydrogen-bond donors (Lipinski definition) is 1. The van der Waals surface area contributed by atoms with Gasteiger partial charge in [-0.3, -0.25) is 4.68 Å². The summed E-state index contributed by atoms with van der Waals surface area (Å²) in [4.78, 5) is 0. The summed E-state index contributed by atoms with van der Waals surface area (Å²) >= 11 is 0. The summed E-state index contributed by atoms with van der Waals surface area (Å²) in [5.74, 6) is 0. The zero-order valence-electron chi connectivity index (χ0n) is 8.03. The van der Waals surface area contributed by atoms with E-state index in [-0.39, 0.29) is 6.61 Å². The molecule has 0 spiro atoms. The maximum absolute atomic E-state index is 8.83. The molecule has 1 fully saturated rings. The minimum atomic E-state index is 0.219. The van der Waals surface area contributed by atoms with Gasteiger partial charge in [-0.1, -0.05) is 0 Å². The molecule has 0 bridgehead atoms. The average molecular weight is 180 g/mol. The van der Waals surface area contributed by atoms with Crippen LogP contribution in [0, 0.1) is 6.92 Å². The molecule has 0 amide bonds. The maximum Gasteiger partial charge on any atom is 0.0525 e. The predicted octanol–water partition coefficient (Wildman–Crippen LogP) is 1.45. The topological polar surface area (TPSA) is 38.1 Å². The summed E-state index contributed by atoms with van der Waals surface area (Å²) in [6.07, 6.45) is 6.49. The summed E-state index contributed by atoms with van der Waals surface area (Å²) < 4.78 is 2.12. The predicted molar refractivity (Wildman–Crippen MR) is 50.6 cm³/mol. The van der Waals surface area contributed by atoms with Gasteiger partial charge in [0.05, 0.1) is 12.2 Å². The van der Waals surface area contributed by atoms with Crippen LogP contribution in [-0.2, 0) is 6.42 Å². The van der Waals surface area contributed by atoms with Crippen molar-refractivity contribution in [3.8, 4) is 0 Å². The van der Waals surface area contributed by atoms with Crippen LogP contribution in [0.4, 0.5) is 0 Å². The highest BCUT2D eigenvalue weighted by Crippen LogP contribution is 2.32. The molecule has 1 aromatic rings. The zero-order valence-corrected chi connectivity index (χ0v) is 8.03. The molecule has 0 aromatic carbocycles. The molecule has 1 saturated carbocycles. The van der Waals surface area contributed by atoms with Crippen molar-refractivity contribution in [3.63, 3.8) is 0 Å². The van der Waals surface area contributed by atoms with Gasteiger partial charge in [0.2, 0.25) is 0 Å². The van der Waals surface area contributed by atoms with E-state index in [4.69, 9.17) is 5.11 Å². The van der Waals surface area contributed by atoms with E-state index in [1.165, 1.54) is 30.5 Å². The number of aliphatic hydroxyl groups is 1.